The zero-order chi connectivity index (χ0) is 15.3. The fourth-order valence-corrected chi connectivity index (χ4v) is 2.56. The normalized spacial score (nSPS) is 11.6. The summed E-state index contributed by atoms with van der Waals surface area (Å²) >= 11 is 0. The van der Waals surface area contributed by atoms with Gasteiger partial charge in [-0.1, -0.05) is 56.3 Å². The SMILES string of the molecule is CCC(CC)(CO)NC(=O)Cc1ccc2ccccc2c1. The number of fused-ring (bicyclic) bond motifs is 1. The second-order valence-electron chi connectivity index (χ2n) is 5.55. The van der Waals surface area contributed by atoms with Gasteiger partial charge in [0.25, 0.3) is 0 Å². The van der Waals surface area contributed by atoms with Crippen LogP contribution < -0.4 is 5.32 Å². The Labute approximate surface area is 126 Å². The van der Waals surface area contributed by atoms with E-state index >= 15 is 0 Å². The minimum Gasteiger partial charge on any atom is -0.394 e. The van der Waals surface area contributed by atoms with Crippen LogP contribution in [0.5, 0.6) is 0 Å². The third-order valence-electron chi connectivity index (χ3n) is 4.24. The summed E-state index contributed by atoms with van der Waals surface area (Å²) in [6.07, 6.45) is 1.79. The molecular formula is C18H23NO2. The molecule has 0 spiro atoms. The molecule has 1 amide bonds. The quantitative estimate of drug-likeness (QED) is 0.857. The number of amides is 1. The molecule has 0 aliphatic heterocycles. The van der Waals surface area contributed by atoms with Gasteiger partial charge >= 0.3 is 0 Å². The number of aliphatic hydroxyl groups is 1. The van der Waals surface area contributed by atoms with Crippen LogP contribution in [0.25, 0.3) is 10.8 Å². The smallest absolute Gasteiger partial charge is 0.224 e. The third-order valence-corrected chi connectivity index (χ3v) is 4.24. The molecule has 112 valence electrons. The van der Waals surface area contributed by atoms with Crippen molar-refractivity contribution < 1.29 is 9.90 Å². The highest BCUT2D eigenvalue weighted by molar-refractivity contribution is 5.85. The molecule has 2 aromatic rings. The molecule has 0 aromatic heterocycles. The van der Waals surface area contributed by atoms with Crippen molar-refractivity contribution in [3.05, 3.63) is 48.0 Å². The highest BCUT2D eigenvalue weighted by Crippen LogP contribution is 2.17. The molecule has 0 unspecified atom stereocenters. The van der Waals surface area contributed by atoms with Gasteiger partial charge in [-0.3, -0.25) is 4.79 Å². The molecule has 0 radical (unpaired) electrons. The van der Waals surface area contributed by atoms with Gasteiger partial charge in [-0.2, -0.15) is 0 Å². The molecule has 0 saturated heterocycles. The number of carbonyl (C=O) groups excluding carboxylic acids is 1. The molecule has 0 fully saturated rings. The molecule has 2 N–H and O–H groups in total. The van der Waals surface area contributed by atoms with E-state index in [0.717, 1.165) is 23.8 Å². The summed E-state index contributed by atoms with van der Waals surface area (Å²) in [6.45, 7) is 3.94. The molecule has 0 bridgehead atoms. The second kappa shape index (κ2) is 6.72. The van der Waals surface area contributed by atoms with Gasteiger partial charge in [-0.25, -0.2) is 0 Å². The molecular weight excluding hydrogens is 262 g/mol. The van der Waals surface area contributed by atoms with Crippen molar-refractivity contribution in [2.75, 3.05) is 6.61 Å². The van der Waals surface area contributed by atoms with E-state index < -0.39 is 5.54 Å². The Morgan fingerprint density at radius 2 is 1.76 bits per heavy atom. The maximum atomic E-state index is 12.2. The lowest BCUT2D eigenvalue weighted by atomic mass is 9.93. The van der Waals surface area contributed by atoms with Crippen molar-refractivity contribution in [2.45, 2.75) is 38.6 Å². The van der Waals surface area contributed by atoms with Gasteiger partial charge in [0.05, 0.1) is 18.6 Å². The van der Waals surface area contributed by atoms with E-state index in [-0.39, 0.29) is 12.5 Å². The van der Waals surface area contributed by atoms with Crippen LogP contribution in [0.3, 0.4) is 0 Å². The lowest BCUT2D eigenvalue weighted by molar-refractivity contribution is -0.123. The van der Waals surface area contributed by atoms with Crippen molar-refractivity contribution >= 4 is 16.7 Å². The summed E-state index contributed by atoms with van der Waals surface area (Å²) < 4.78 is 0. The van der Waals surface area contributed by atoms with Gasteiger partial charge in [-0.05, 0) is 29.2 Å². The number of aliphatic hydroxyl groups excluding tert-OH is 1. The van der Waals surface area contributed by atoms with E-state index in [9.17, 15) is 9.90 Å². The van der Waals surface area contributed by atoms with E-state index in [1.54, 1.807) is 0 Å². The summed E-state index contributed by atoms with van der Waals surface area (Å²) in [6, 6.07) is 14.2. The summed E-state index contributed by atoms with van der Waals surface area (Å²) in [5.74, 6) is -0.0389. The van der Waals surface area contributed by atoms with Gasteiger partial charge < -0.3 is 10.4 Å². The molecule has 21 heavy (non-hydrogen) atoms. The zero-order valence-electron chi connectivity index (χ0n) is 12.7. The van der Waals surface area contributed by atoms with E-state index in [1.807, 2.05) is 50.2 Å². The van der Waals surface area contributed by atoms with Crippen molar-refractivity contribution in [3.63, 3.8) is 0 Å². The van der Waals surface area contributed by atoms with Crippen molar-refractivity contribution in [1.82, 2.24) is 5.32 Å². The molecule has 3 nitrogen and oxygen atoms in total. The monoisotopic (exact) mass is 285 g/mol. The Morgan fingerprint density at radius 1 is 1.10 bits per heavy atom. The number of nitrogens with one attached hydrogen (secondary N) is 1. The van der Waals surface area contributed by atoms with Gasteiger partial charge in [0.2, 0.25) is 5.91 Å². The number of hydrogen-bond donors (Lipinski definition) is 2. The number of carbonyl (C=O) groups is 1. The van der Waals surface area contributed by atoms with Crippen LogP contribution in [0.4, 0.5) is 0 Å². The van der Waals surface area contributed by atoms with Crippen LogP contribution in [0.15, 0.2) is 42.5 Å². The van der Waals surface area contributed by atoms with Gasteiger partial charge in [0.15, 0.2) is 0 Å². The molecule has 0 heterocycles. The summed E-state index contributed by atoms with van der Waals surface area (Å²) in [5.41, 5.74) is 0.499. The topological polar surface area (TPSA) is 49.3 Å². The van der Waals surface area contributed by atoms with Crippen LogP contribution >= 0.6 is 0 Å². The number of rotatable bonds is 6. The third kappa shape index (κ3) is 3.61. The van der Waals surface area contributed by atoms with Crippen LogP contribution in [0.1, 0.15) is 32.3 Å². The van der Waals surface area contributed by atoms with E-state index in [0.29, 0.717) is 6.42 Å². The Bertz CT molecular complexity index is 609. The first-order chi connectivity index (χ1) is 10.1. The summed E-state index contributed by atoms with van der Waals surface area (Å²) in [4.78, 5) is 12.2. The van der Waals surface area contributed by atoms with Crippen molar-refractivity contribution in [1.29, 1.82) is 0 Å². The lowest BCUT2D eigenvalue weighted by Crippen LogP contribution is -2.51. The highest BCUT2D eigenvalue weighted by Gasteiger charge is 2.26. The van der Waals surface area contributed by atoms with E-state index in [2.05, 4.69) is 11.4 Å². The molecule has 2 rings (SSSR count). The molecule has 0 aliphatic carbocycles. The number of hydrogen-bond acceptors (Lipinski definition) is 2. The van der Waals surface area contributed by atoms with Gasteiger partial charge in [0.1, 0.15) is 0 Å². The fraction of sp³-hybridized carbons (Fsp3) is 0.389. The maximum absolute atomic E-state index is 12.2. The van der Waals surface area contributed by atoms with Crippen molar-refractivity contribution in [3.8, 4) is 0 Å². The standard InChI is InChI=1S/C18H23NO2/c1-3-18(4-2,13-20)19-17(21)12-14-9-10-15-7-5-6-8-16(15)11-14/h5-11,20H,3-4,12-13H2,1-2H3,(H,19,21). The maximum Gasteiger partial charge on any atom is 0.224 e. The highest BCUT2D eigenvalue weighted by atomic mass is 16.3. The first-order valence-corrected chi connectivity index (χ1v) is 7.52. The van der Waals surface area contributed by atoms with Crippen LogP contribution in [-0.4, -0.2) is 23.2 Å². The van der Waals surface area contributed by atoms with E-state index in [1.165, 1.54) is 5.39 Å². The molecule has 0 saturated carbocycles. The molecule has 0 atom stereocenters. The summed E-state index contributed by atoms with van der Waals surface area (Å²) in [7, 11) is 0. The first kappa shape index (κ1) is 15.5. The Balaban J connectivity index is 2.10. The average Bonchev–Trinajstić information content (AvgIpc) is 2.52. The average molecular weight is 285 g/mol. The first-order valence-electron chi connectivity index (χ1n) is 7.52. The van der Waals surface area contributed by atoms with Crippen LogP contribution in [-0.2, 0) is 11.2 Å². The molecule has 3 heteroatoms. The van der Waals surface area contributed by atoms with E-state index in [4.69, 9.17) is 0 Å². The predicted octanol–water partition coefficient (Wildman–Crippen LogP) is 3.05. The second-order valence-corrected chi connectivity index (χ2v) is 5.55. The lowest BCUT2D eigenvalue weighted by Gasteiger charge is -2.30. The molecule has 2 aromatic carbocycles. The number of benzene rings is 2. The molecule has 0 aliphatic rings. The van der Waals surface area contributed by atoms with Gasteiger partial charge in [0, 0.05) is 0 Å². The van der Waals surface area contributed by atoms with Crippen LogP contribution in [0, 0.1) is 0 Å². The van der Waals surface area contributed by atoms with Gasteiger partial charge in [-0.15, -0.1) is 0 Å². The fourth-order valence-electron chi connectivity index (χ4n) is 2.56. The predicted molar refractivity (Wildman–Crippen MR) is 86.2 cm³/mol. The zero-order valence-corrected chi connectivity index (χ0v) is 12.7. The largest absolute Gasteiger partial charge is 0.394 e. The van der Waals surface area contributed by atoms with Crippen molar-refractivity contribution in [2.24, 2.45) is 0 Å². The van der Waals surface area contributed by atoms with Crippen LogP contribution in [0.2, 0.25) is 0 Å². The Hall–Kier alpha value is -1.87. The minimum atomic E-state index is -0.492. The Morgan fingerprint density at radius 3 is 2.38 bits per heavy atom. The minimum absolute atomic E-state index is 0.0243. The summed E-state index contributed by atoms with van der Waals surface area (Å²) in [5, 5.41) is 14.8. The Kier molecular flexibility index (Phi) is 4.97.